The zero-order chi connectivity index (χ0) is 19.5. The summed E-state index contributed by atoms with van der Waals surface area (Å²) in [7, 11) is 1.63. The minimum atomic E-state index is -0.195. The summed E-state index contributed by atoms with van der Waals surface area (Å²) >= 11 is 1.39. The first-order valence-electron chi connectivity index (χ1n) is 8.66. The minimum Gasteiger partial charge on any atom is -0.497 e. The minimum absolute atomic E-state index is 0.195. The van der Waals surface area contributed by atoms with Gasteiger partial charge < -0.3 is 4.74 Å². The van der Waals surface area contributed by atoms with E-state index in [-0.39, 0.29) is 5.91 Å². The second kappa shape index (κ2) is 7.66. The van der Waals surface area contributed by atoms with Crippen molar-refractivity contribution in [3.63, 3.8) is 0 Å². The lowest BCUT2D eigenvalue weighted by Gasteiger charge is -2.06. The summed E-state index contributed by atoms with van der Waals surface area (Å²) in [6.45, 7) is 1.98. The molecule has 2 heterocycles. The predicted molar refractivity (Wildman–Crippen MR) is 110 cm³/mol. The van der Waals surface area contributed by atoms with Gasteiger partial charge in [-0.25, -0.2) is 9.67 Å². The molecule has 0 unspecified atom stereocenters. The molecule has 6 nitrogen and oxygen atoms in total. The number of amides is 1. The summed E-state index contributed by atoms with van der Waals surface area (Å²) < 4.78 is 6.99. The van der Waals surface area contributed by atoms with E-state index in [1.807, 2.05) is 59.5 Å². The van der Waals surface area contributed by atoms with E-state index >= 15 is 0 Å². The Kier molecular flexibility index (Phi) is 4.90. The molecule has 0 fully saturated rings. The summed E-state index contributed by atoms with van der Waals surface area (Å²) in [6.07, 6.45) is 1.75. The Labute approximate surface area is 166 Å². The second-order valence-corrected chi connectivity index (χ2v) is 7.01. The third-order valence-corrected chi connectivity index (χ3v) is 5.07. The fourth-order valence-electron chi connectivity index (χ4n) is 2.79. The molecule has 0 aliphatic rings. The van der Waals surface area contributed by atoms with E-state index in [1.165, 1.54) is 11.3 Å². The van der Waals surface area contributed by atoms with Crippen LogP contribution in [0.4, 0.5) is 5.13 Å². The van der Waals surface area contributed by atoms with Crippen LogP contribution in [0.25, 0.3) is 16.9 Å². The highest BCUT2D eigenvalue weighted by atomic mass is 32.1. The molecule has 0 radical (unpaired) electrons. The molecule has 7 heteroatoms. The quantitative estimate of drug-likeness (QED) is 0.542. The van der Waals surface area contributed by atoms with Gasteiger partial charge in [-0.15, -0.1) is 11.3 Å². The highest BCUT2D eigenvalue weighted by molar-refractivity contribution is 7.14. The predicted octanol–water partition coefficient (Wildman–Crippen LogP) is 4.57. The SMILES string of the molecule is COc1ccc(-c2csc(NC(=O)c3ccc(-n4nccc4C)cc3)n2)cc1. The number of carbonyl (C=O) groups is 1. The van der Waals surface area contributed by atoms with Gasteiger partial charge in [0, 0.05) is 28.4 Å². The van der Waals surface area contributed by atoms with E-state index in [2.05, 4.69) is 15.4 Å². The number of thiazole rings is 1. The average molecular weight is 390 g/mol. The molecular weight excluding hydrogens is 372 g/mol. The number of ether oxygens (including phenoxy) is 1. The summed E-state index contributed by atoms with van der Waals surface area (Å²) in [5.74, 6) is 0.598. The van der Waals surface area contributed by atoms with Crippen molar-refractivity contribution in [2.75, 3.05) is 12.4 Å². The number of nitrogens with one attached hydrogen (secondary N) is 1. The average Bonchev–Trinajstić information content (AvgIpc) is 3.37. The van der Waals surface area contributed by atoms with Crippen LogP contribution < -0.4 is 10.1 Å². The molecular formula is C21H18N4O2S. The Morgan fingerprint density at radius 3 is 2.46 bits per heavy atom. The lowest BCUT2D eigenvalue weighted by Crippen LogP contribution is -2.11. The van der Waals surface area contributed by atoms with Gasteiger partial charge in [-0.1, -0.05) is 0 Å². The number of methoxy groups -OCH3 is 1. The summed E-state index contributed by atoms with van der Waals surface area (Å²) in [4.78, 5) is 17.0. The number of anilines is 1. The van der Waals surface area contributed by atoms with E-state index in [0.29, 0.717) is 10.7 Å². The van der Waals surface area contributed by atoms with Gasteiger partial charge in [0.2, 0.25) is 0 Å². The van der Waals surface area contributed by atoms with Crippen LogP contribution >= 0.6 is 11.3 Å². The Morgan fingerprint density at radius 2 is 1.82 bits per heavy atom. The number of nitrogens with zero attached hydrogens (tertiary/aromatic N) is 3. The van der Waals surface area contributed by atoms with Crippen molar-refractivity contribution in [1.29, 1.82) is 0 Å². The molecule has 0 saturated carbocycles. The van der Waals surface area contributed by atoms with Crippen LogP contribution in [0.15, 0.2) is 66.2 Å². The molecule has 4 aromatic rings. The van der Waals surface area contributed by atoms with Crippen molar-refractivity contribution in [2.24, 2.45) is 0 Å². The van der Waals surface area contributed by atoms with Crippen molar-refractivity contribution in [3.8, 4) is 22.7 Å². The zero-order valence-corrected chi connectivity index (χ0v) is 16.2. The fourth-order valence-corrected chi connectivity index (χ4v) is 3.50. The summed E-state index contributed by atoms with van der Waals surface area (Å²) in [5.41, 5.74) is 4.29. The normalized spacial score (nSPS) is 10.6. The monoisotopic (exact) mass is 390 g/mol. The molecule has 0 saturated heterocycles. The Morgan fingerprint density at radius 1 is 1.07 bits per heavy atom. The first-order valence-corrected chi connectivity index (χ1v) is 9.54. The highest BCUT2D eigenvalue weighted by Gasteiger charge is 2.11. The number of aryl methyl sites for hydroxylation is 1. The fraction of sp³-hybridized carbons (Fsp3) is 0.0952. The number of aromatic nitrogens is 3. The van der Waals surface area contributed by atoms with Crippen molar-refractivity contribution >= 4 is 22.4 Å². The van der Waals surface area contributed by atoms with Crippen molar-refractivity contribution in [1.82, 2.24) is 14.8 Å². The molecule has 0 atom stereocenters. The van der Waals surface area contributed by atoms with Gasteiger partial charge in [-0.05, 0) is 61.5 Å². The standard InChI is InChI=1S/C21H18N4O2S/c1-14-11-12-22-25(14)17-7-3-16(4-8-17)20(26)24-21-23-19(13-28-21)15-5-9-18(27-2)10-6-15/h3-13H,1-2H3,(H,23,24,26). The van der Waals surface area contributed by atoms with Crippen molar-refractivity contribution in [2.45, 2.75) is 6.92 Å². The van der Waals surface area contributed by atoms with Crippen LogP contribution in [0.2, 0.25) is 0 Å². The van der Waals surface area contributed by atoms with E-state index in [9.17, 15) is 4.79 Å². The molecule has 2 aromatic heterocycles. The first-order chi connectivity index (χ1) is 13.6. The van der Waals surface area contributed by atoms with Gasteiger partial charge in [0.1, 0.15) is 5.75 Å². The van der Waals surface area contributed by atoms with Crippen LogP contribution in [0.5, 0.6) is 5.75 Å². The maximum atomic E-state index is 12.5. The number of carbonyl (C=O) groups excluding carboxylic acids is 1. The molecule has 0 aliphatic carbocycles. The summed E-state index contributed by atoms with van der Waals surface area (Å²) in [5, 5.41) is 9.60. The first kappa shape index (κ1) is 17.9. The topological polar surface area (TPSA) is 69.0 Å². The second-order valence-electron chi connectivity index (χ2n) is 6.15. The van der Waals surface area contributed by atoms with Crippen LogP contribution in [0, 0.1) is 6.92 Å². The van der Waals surface area contributed by atoms with Crippen LogP contribution in [-0.4, -0.2) is 27.8 Å². The van der Waals surface area contributed by atoms with E-state index in [0.717, 1.165) is 28.4 Å². The van der Waals surface area contributed by atoms with Gasteiger partial charge in [0.25, 0.3) is 5.91 Å². The Balaban J connectivity index is 1.46. The van der Waals surface area contributed by atoms with Crippen LogP contribution in [0.1, 0.15) is 16.1 Å². The maximum Gasteiger partial charge on any atom is 0.257 e. The molecule has 0 aliphatic heterocycles. The lowest BCUT2D eigenvalue weighted by atomic mass is 10.2. The number of benzene rings is 2. The number of hydrogen-bond donors (Lipinski definition) is 1. The van der Waals surface area contributed by atoms with Gasteiger partial charge in [-0.2, -0.15) is 5.10 Å². The van der Waals surface area contributed by atoms with E-state index < -0.39 is 0 Å². The van der Waals surface area contributed by atoms with Crippen LogP contribution in [-0.2, 0) is 0 Å². The van der Waals surface area contributed by atoms with Gasteiger partial charge in [0.15, 0.2) is 5.13 Å². The molecule has 4 rings (SSSR count). The molecule has 2 aromatic carbocycles. The third kappa shape index (κ3) is 3.65. The number of hydrogen-bond acceptors (Lipinski definition) is 5. The molecule has 0 bridgehead atoms. The van der Waals surface area contributed by atoms with E-state index in [1.54, 1.807) is 25.4 Å². The van der Waals surface area contributed by atoms with Crippen LogP contribution in [0.3, 0.4) is 0 Å². The lowest BCUT2D eigenvalue weighted by molar-refractivity contribution is 0.102. The zero-order valence-electron chi connectivity index (χ0n) is 15.4. The molecule has 140 valence electrons. The molecule has 1 amide bonds. The molecule has 0 spiro atoms. The maximum absolute atomic E-state index is 12.5. The number of rotatable bonds is 5. The highest BCUT2D eigenvalue weighted by Crippen LogP contribution is 2.26. The Bertz CT molecular complexity index is 1100. The van der Waals surface area contributed by atoms with Crippen molar-refractivity contribution < 1.29 is 9.53 Å². The smallest absolute Gasteiger partial charge is 0.257 e. The summed E-state index contributed by atoms with van der Waals surface area (Å²) in [6, 6.07) is 16.9. The van der Waals surface area contributed by atoms with Gasteiger partial charge in [-0.3, -0.25) is 10.1 Å². The molecule has 1 N–H and O–H groups in total. The van der Waals surface area contributed by atoms with Crippen molar-refractivity contribution in [3.05, 3.63) is 77.4 Å². The third-order valence-electron chi connectivity index (χ3n) is 4.32. The van der Waals surface area contributed by atoms with Gasteiger partial charge >= 0.3 is 0 Å². The largest absolute Gasteiger partial charge is 0.497 e. The van der Waals surface area contributed by atoms with E-state index in [4.69, 9.17) is 4.74 Å². The van der Waals surface area contributed by atoms with Gasteiger partial charge in [0.05, 0.1) is 18.5 Å². The Hall–Kier alpha value is -3.45. The molecule has 28 heavy (non-hydrogen) atoms.